The Bertz CT molecular complexity index is 25.5. The van der Waals surface area contributed by atoms with Crippen LogP contribution in [-0.2, 0) is 4.12 Å². The Hall–Kier alpha value is 1.39. The molecule has 0 amide bonds. The molecule has 0 aliphatic carbocycles. The van der Waals surface area contributed by atoms with Gasteiger partial charge >= 0.3 is 29.6 Å². The van der Waals surface area contributed by atoms with E-state index in [4.69, 9.17) is 4.12 Å². The summed E-state index contributed by atoms with van der Waals surface area (Å²) in [4.78, 5) is 0. The van der Waals surface area contributed by atoms with E-state index in [1.165, 1.54) is 0 Å². The standard InChI is InChI=1S/C2H10OSi2.Na.H/c1-5(2)3-4;;/h5H,1-2,4H3;;. The molecule has 6 heavy (non-hydrogen) atoms. The van der Waals surface area contributed by atoms with Crippen molar-refractivity contribution >= 4 is 49.1 Å². The molecule has 0 spiro atoms. The van der Waals surface area contributed by atoms with Crippen LogP contribution in [0.3, 0.4) is 0 Å². The third kappa shape index (κ3) is 9.04. The quantitative estimate of drug-likeness (QED) is 0.398. The van der Waals surface area contributed by atoms with Crippen LogP contribution in [0.1, 0.15) is 0 Å². The van der Waals surface area contributed by atoms with E-state index < -0.39 is 9.04 Å². The van der Waals surface area contributed by atoms with Crippen LogP contribution >= 0.6 is 0 Å². The van der Waals surface area contributed by atoms with Crippen molar-refractivity contribution < 1.29 is 4.12 Å². The fraction of sp³-hybridized carbons (Fsp3) is 1.00. The molecule has 0 rings (SSSR count). The Morgan fingerprint density at radius 1 is 1.50 bits per heavy atom. The molecule has 0 aromatic heterocycles. The van der Waals surface area contributed by atoms with Gasteiger partial charge in [-0.15, -0.1) is 0 Å². The minimum atomic E-state index is -0.588. The van der Waals surface area contributed by atoms with Gasteiger partial charge in [-0.1, -0.05) is 0 Å². The van der Waals surface area contributed by atoms with Crippen LogP contribution in [0.15, 0.2) is 0 Å². The Kier molecular flexibility index (Phi) is 11.1. The molecule has 0 aliphatic rings. The summed E-state index contributed by atoms with van der Waals surface area (Å²) in [5.41, 5.74) is 0. The van der Waals surface area contributed by atoms with Gasteiger partial charge in [-0.2, -0.15) is 0 Å². The Balaban J connectivity index is 0. The van der Waals surface area contributed by atoms with Crippen molar-refractivity contribution in [3.8, 4) is 0 Å². The van der Waals surface area contributed by atoms with Crippen LogP contribution in [0, 0.1) is 0 Å². The molecule has 0 aromatic carbocycles. The van der Waals surface area contributed by atoms with Gasteiger partial charge in [0.25, 0.3) is 0 Å². The topological polar surface area (TPSA) is 9.23 Å². The summed E-state index contributed by atoms with van der Waals surface area (Å²) in [7, 11) is 0.347. The second kappa shape index (κ2) is 6.39. The second-order valence-electron chi connectivity index (χ2n) is 1.28. The molecule has 0 saturated carbocycles. The molecule has 1 nitrogen and oxygen atoms in total. The third-order valence-electron chi connectivity index (χ3n) is 0.471. The van der Waals surface area contributed by atoms with E-state index in [0.717, 1.165) is 10.5 Å². The molecule has 0 saturated heterocycles. The van der Waals surface area contributed by atoms with Gasteiger partial charge in [-0.25, -0.2) is 0 Å². The summed E-state index contributed by atoms with van der Waals surface area (Å²) >= 11 is 0. The molecule has 0 fully saturated rings. The van der Waals surface area contributed by atoms with Gasteiger partial charge in [0.15, 0.2) is 9.04 Å². The van der Waals surface area contributed by atoms with Crippen molar-refractivity contribution in [3.05, 3.63) is 0 Å². The first-order valence-electron chi connectivity index (χ1n) is 1.80. The van der Waals surface area contributed by atoms with Crippen LogP contribution in [0.2, 0.25) is 13.1 Å². The van der Waals surface area contributed by atoms with E-state index in [0.29, 0.717) is 0 Å². The molecular weight excluding hydrogens is 119 g/mol. The van der Waals surface area contributed by atoms with E-state index in [1.54, 1.807) is 0 Å². The predicted octanol–water partition coefficient (Wildman–Crippen LogP) is -1.38. The van der Waals surface area contributed by atoms with E-state index >= 15 is 0 Å². The zero-order valence-electron chi connectivity index (χ0n) is 3.99. The van der Waals surface area contributed by atoms with E-state index in [2.05, 4.69) is 13.1 Å². The van der Waals surface area contributed by atoms with E-state index in [9.17, 15) is 0 Å². The minimum absolute atomic E-state index is 0. The molecule has 0 bridgehead atoms. The normalized spacial score (nSPS) is 8.50. The van der Waals surface area contributed by atoms with Crippen molar-refractivity contribution in [3.63, 3.8) is 0 Å². The average Bonchev–Trinajstić information content (AvgIpc) is 1.38. The summed E-state index contributed by atoms with van der Waals surface area (Å²) < 4.78 is 5.03. The molecule has 4 heteroatoms. The summed E-state index contributed by atoms with van der Waals surface area (Å²) in [6.45, 7) is 4.35. The van der Waals surface area contributed by atoms with Gasteiger partial charge in [0.05, 0.1) is 0 Å². The summed E-state index contributed by atoms with van der Waals surface area (Å²) in [5.74, 6) is 0. The van der Waals surface area contributed by atoms with Crippen LogP contribution in [-0.4, -0.2) is 49.1 Å². The Labute approximate surface area is 66.0 Å². The van der Waals surface area contributed by atoms with Crippen molar-refractivity contribution in [2.24, 2.45) is 0 Å². The Morgan fingerprint density at radius 3 is 1.67 bits per heavy atom. The first-order valence-corrected chi connectivity index (χ1v) is 5.40. The van der Waals surface area contributed by atoms with Gasteiger partial charge in [0.2, 0.25) is 0 Å². The van der Waals surface area contributed by atoms with Crippen LogP contribution in [0.5, 0.6) is 0 Å². The first-order chi connectivity index (χ1) is 2.27. The number of hydrogen-bond acceptors (Lipinski definition) is 1. The molecule has 0 unspecified atom stereocenters. The molecule has 0 aliphatic heterocycles. The van der Waals surface area contributed by atoms with Crippen molar-refractivity contribution in [1.29, 1.82) is 0 Å². The molecular formula is C2H11NaOSi2. The molecule has 0 N–H and O–H groups in total. The van der Waals surface area contributed by atoms with Gasteiger partial charge in [-0.05, 0) is 13.1 Å². The zero-order chi connectivity index (χ0) is 4.28. The van der Waals surface area contributed by atoms with Gasteiger partial charge in [-0.3, -0.25) is 0 Å². The van der Waals surface area contributed by atoms with Crippen LogP contribution in [0.25, 0.3) is 0 Å². The van der Waals surface area contributed by atoms with Gasteiger partial charge < -0.3 is 4.12 Å². The number of rotatable bonds is 1. The molecule has 34 valence electrons. The first kappa shape index (κ1) is 10.4. The van der Waals surface area contributed by atoms with Crippen molar-refractivity contribution in [1.82, 2.24) is 0 Å². The molecule has 0 aromatic rings. The summed E-state index contributed by atoms with van der Waals surface area (Å²) in [5, 5.41) is 0. The van der Waals surface area contributed by atoms with Crippen molar-refractivity contribution in [2.45, 2.75) is 13.1 Å². The third-order valence-corrected chi connectivity index (χ3v) is 4.24. The fourth-order valence-electron chi connectivity index (χ4n) is 0. The molecule has 0 radical (unpaired) electrons. The number of hydrogen-bond donors (Lipinski definition) is 0. The predicted molar refractivity (Wildman–Crippen MR) is 37.0 cm³/mol. The molecule has 0 atom stereocenters. The maximum atomic E-state index is 5.03. The summed E-state index contributed by atoms with van der Waals surface area (Å²) in [6, 6.07) is 0. The summed E-state index contributed by atoms with van der Waals surface area (Å²) in [6.07, 6.45) is 0. The SMILES string of the molecule is C[SiH](C)O[SiH3].[NaH]. The maximum absolute atomic E-state index is 5.03. The van der Waals surface area contributed by atoms with Crippen molar-refractivity contribution in [2.75, 3.05) is 0 Å². The zero-order valence-corrected chi connectivity index (χ0v) is 7.14. The van der Waals surface area contributed by atoms with Gasteiger partial charge in [0, 0.05) is 0 Å². The molecule has 0 heterocycles. The monoisotopic (exact) mass is 130 g/mol. The van der Waals surface area contributed by atoms with Gasteiger partial charge in [0.1, 0.15) is 10.5 Å². The average molecular weight is 130 g/mol. The fourth-order valence-corrected chi connectivity index (χ4v) is 0. The van der Waals surface area contributed by atoms with E-state index in [-0.39, 0.29) is 29.6 Å². The van der Waals surface area contributed by atoms with Crippen LogP contribution in [0.4, 0.5) is 0 Å². The second-order valence-corrected chi connectivity index (χ2v) is 5.27. The van der Waals surface area contributed by atoms with E-state index in [1.807, 2.05) is 0 Å². The Morgan fingerprint density at radius 2 is 1.67 bits per heavy atom. The van der Waals surface area contributed by atoms with Crippen LogP contribution < -0.4 is 0 Å².